The number of hydrogen-bond donors (Lipinski definition) is 2. The fourth-order valence-electron chi connectivity index (χ4n) is 2.20. The average molecular weight is 375 g/mol. The molecule has 2 aromatic rings. The van der Waals surface area contributed by atoms with Crippen molar-refractivity contribution in [2.45, 2.75) is 26.7 Å². The van der Waals surface area contributed by atoms with Gasteiger partial charge in [0.2, 0.25) is 11.8 Å². The zero-order valence-corrected chi connectivity index (χ0v) is 14.7. The van der Waals surface area contributed by atoms with E-state index in [0.717, 1.165) is 15.6 Å². The van der Waals surface area contributed by atoms with E-state index in [1.165, 1.54) is 6.92 Å². The zero-order chi connectivity index (χ0) is 16.8. The molecule has 0 aliphatic rings. The van der Waals surface area contributed by atoms with Crippen molar-refractivity contribution in [1.82, 2.24) is 0 Å². The number of aryl methyl sites for hydroxylation is 2. The number of rotatable bonds is 5. The smallest absolute Gasteiger partial charge is 0.224 e. The molecule has 0 bridgehead atoms. The Morgan fingerprint density at radius 2 is 1.83 bits per heavy atom. The molecular weight excluding hydrogens is 356 g/mol. The molecule has 2 aromatic carbocycles. The number of carbonyl (C=O) groups is 2. The molecule has 23 heavy (non-hydrogen) atoms. The van der Waals surface area contributed by atoms with Crippen molar-refractivity contribution in [2.24, 2.45) is 0 Å². The molecule has 4 nitrogen and oxygen atoms in total. The summed E-state index contributed by atoms with van der Waals surface area (Å²) >= 11 is 3.48. The fraction of sp³-hybridized carbons (Fsp3) is 0.222. The minimum atomic E-state index is -0.134. The molecule has 0 aliphatic heterocycles. The topological polar surface area (TPSA) is 58.2 Å². The second-order valence-electron chi connectivity index (χ2n) is 5.35. The summed E-state index contributed by atoms with van der Waals surface area (Å²) in [5.74, 6) is -0.191. The van der Waals surface area contributed by atoms with Crippen molar-refractivity contribution >= 4 is 39.1 Å². The Bertz CT molecular complexity index is 729. The molecule has 2 amide bonds. The van der Waals surface area contributed by atoms with Gasteiger partial charge in [-0.05, 0) is 42.7 Å². The lowest BCUT2D eigenvalue weighted by atomic mass is 10.1. The number of benzene rings is 2. The number of nitrogens with one attached hydrogen (secondary N) is 2. The molecule has 0 spiro atoms. The number of carbonyl (C=O) groups excluding carboxylic acids is 2. The highest BCUT2D eigenvalue weighted by atomic mass is 79.9. The van der Waals surface area contributed by atoms with Crippen molar-refractivity contribution in [3.05, 3.63) is 58.1 Å². The molecule has 2 rings (SSSR count). The fourth-order valence-corrected chi connectivity index (χ4v) is 2.68. The second-order valence-corrected chi connectivity index (χ2v) is 6.20. The molecule has 5 heteroatoms. The van der Waals surface area contributed by atoms with Crippen LogP contribution in [0.2, 0.25) is 0 Å². The van der Waals surface area contributed by atoms with E-state index in [1.807, 2.05) is 43.3 Å². The monoisotopic (exact) mass is 374 g/mol. The van der Waals surface area contributed by atoms with Gasteiger partial charge in [-0.15, -0.1) is 0 Å². The Morgan fingerprint density at radius 3 is 2.52 bits per heavy atom. The van der Waals surface area contributed by atoms with Gasteiger partial charge >= 0.3 is 0 Å². The Hall–Kier alpha value is -2.14. The van der Waals surface area contributed by atoms with E-state index in [4.69, 9.17) is 0 Å². The third kappa shape index (κ3) is 5.21. The average Bonchev–Trinajstić information content (AvgIpc) is 2.49. The lowest BCUT2D eigenvalue weighted by Crippen LogP contribution is -2.13. The van der Waals surface area contributed by atoms with Gasteiger partial charge in [-0.2, -0.15) is 0 Å². The molecule has 0 saturated carbocycles. The first-order chi connectivity index (χ1) is 11.0. The molecule has 0 atom stereocenters. The minimum absolute atomic E-state index is 0.0571. The van der Waals surface area contributed by atoms with Gasteiger partial charge in [0.1, 0.15) is 0 Å². The van der Waals surface area contributed by atoms with Gasteiger partial charge in [-0.1, -0.05) is 40.2 Å². The van der Waals surface area contributed by atoms with Gasteiger partial charge in [0, 0.05) is 29.2 Å². The molecule has 0 fully saturated rings. The predicted octanol–water partition coefficient (Wildman–Crippen LogP) is 4.29. The molecule has 0 heterocycles. The minimum Gasteiger partial charge on any atom is -0.326 e. The predicted molar refractivity (Wildman–Crippen MR) is 96.6 cm³/mol. The normalized spacial score (nSPS) is 10.2. The summed E-state index contributed by atoms with van der Waals surface area (Å²) in [7, 11) is 0. The summed E-state index contributed by atoms with van der Waals surface area (Å²) in [5.41, 5.74) is 3.44. The van der Waals surface area contributed by atoms with E-state index in [-0.39, 0.29) is 11.8 Å². The molecule has 0 unspecified atom stereocenters. The molecule has 0 saturated heterocycles. The Balaban J connectivity index is 1.97. The summed E-state index contributed by atoms with van der Waals surface area (Å²) in [6.45, 7) is 3.37. The van der Waals surface area contributed by atoms with Crippen LogP contribution in [0.5, 0.6) is 0 Å². The van der Waals surface area contributed by atoms with Crippen LogP contribution in [-0.4, -0.2) is 11.8 Å². The lowest BCUT2D eigenvalue weighted by molar-refractivity contribution is -0.116. The van der Waals surface area contributed by atoms with Crippen LogP contribution >= 0.6 is 15.9 Å². The van der Waals surface area contributed by atoms with Gasteiger partial charge < -0.3 is 10.6 Å². The van der Waals surface area contributed by atoms with Crippen molar-refractivity contribution < 1.29 is 9.59 Å². The van der Waals surface area contributed by atoms with Crippen molar-refractivity contribution in [1.29, 1.82) is 0 Å². The maximum absolute atomic E-state index is 12.1. The van der Waals surface area contributed by atoms with Crippen LogP contribution in [0.25, 0.3) is 0 Å². The highest BCUT2D eigenvalue weighted by Crippen LogP contribution is 2.21. The van der Waals surface area contributed by atoms with Crippen LogP contribution in [0.3, 0.4) is 0 Å². The number of anilines is 2. The molecule has 0 aromatic heterocycles. The van der Waals surface area contributed by atoms with Crippen LogP contribution in [-0.2, 0) is 16.0 Å². The summed E-state index contributed by atoms with van der Waals surface area (Å²) < 4.78 is 1.01. The molecule has 120 valence electrons. The molecule has 0 radical (unpaired) electrons. The quantitative estimate of drug-likeness (QED) is 0.819. The van der Waals surface area contributed by atoms with Gasteiger partial charge in [-0.25, -0.2) is 0 Å². The number of amides is 2. The summed E-state index contributed by atoms with van der Waals surface area (Å²) in [5, 5.41) is 5.62. The first-order valence-electron chi connectivity index (χ1n) is 7.37. The Kier molecular flexibility index (Phi) is 5.93. The van der Waals surface area contributed by atoms with E-state index < -0.39 is 0 Å². The highest BCUT2D eigenvalue weighted by Gasteiger charge is 2.07. The molecule has 2 N–H and O–H groups in total. The Labute approximate surface area is 144 Å². The number of hydrogen-bond acceptors (Lipinski definition) is 2. The maximum Gasteiger partial charge on any atom is 0.224 e. The van der Waals surface area contributed by atoms with Gasteiger partial charge in [0.25, 0.3) is 0 Å². The third-order valence-corrected chi connectivity index (χ3v) is 4.18. The van der Waals surface area contributed by atoms with Crippen LogP contribution in [0, 0.1) is 6.92 Å². The van der Waals surface area contributed by atoms with Crippen LogP contribution in [0.15, 0.2) is 46.9 Å². The Morgan fingerprint density at radius 1 is 1.09 bits per heavy atom. The van der Waals surface area contributed by atoms with Gasteiger partial charge in [0.15, 0.2) is 0 Å². The van der Waals surface area contributed by atoms with Crippen molar-refractivity contribution in [3.63, 3.8) is 0 Å². The van der Waals surface area contributed by atoms with Crippen LogP contribution < -0.4 is 10.6 Å². The highest BCUT2D eigenvalue weighted by molar-refractivity contribution is 9.10. The zero-order valence-electron chi connectivity index (χ0n) is 13.2. The lowest BCUT2D eigenvalue weighted by Gasteiger charge is -2.11. The first kappa shape index (κ1) is 17.2. The van der Waals surface area contributed by atoms with Crippen molar-refractivity contribution in [3.8, 4) is 0 Å². The van der Waals surface area contributed by atoms with E-state index in [2.05, 4.69) is 26.6 Å². The van der Waals surface area contributed by atoms with E-state index in [9.17, 15) is 9.59 Å². The second kappa shape index (κ2) is 7.92. The molecular formula is C18H19BrN2O2. The summed E-state index contributed by atoms with van der Waals surface area (Å²) in [6.07, 6.45) is 1.06. The summed E-state index contributed by atoms with van der Waals surface area (Å²) in [6, 6.07) is 13.3. The first-order valence-corrected chi connectivity index (χ1v) is 8.16. The van der Waals surface area contributed by atoms with E-state index in [1.54, 1.807) is 6.07 Å². The van der Waals surface area contributed by atoms with Crippen LogP contribution in [0.1, 0.15) is 24.5 Å². The van der Waals surface area contributed by atoms with Gasteiger partial charge in [0.05, 0.1) is 0 Å². The molecule has 0 aliphatic carbocycles. The van der Waals surface area contributed by atoms with E-state index >= 15 is 0 Å². The van der Waals surface area contributed by atoms with Gasteiger partial charge in [-0.3, -0.25) is 9.59 Å². The third-order valence-electron chi connectivity index (χ3n) is 3.41. The maximum atomic E-state index is 12.1. The standard InChI is InChI=1S/C18H19BrN2O2/c1-12-7-9-15(11-17(12)20-13(2)22)21-18(23)10-8-14-5-3-4-6-16(14)19/h3-7,9,11H,8,10H2,1-2H3,(H,20,22)(H,21,23). The summed E-state index contributed by atoms with van der Waals surface area (Å²) in [4.78, 5) is 23.3. The van der Waals surface area contributed by atoms with E-state index in [0.29, 0.717) is 24.2 Å². The number of halogens is 1. The van der Waals surface area contributed by atoms with Crippen LogP contribution in [0.4, 0.5) is 11.4 Å². The largest absolute Gasteiger partial charge is 0.326 e. The van der Waals surface area contributed by atoms with Crippen molar-refractivity contribution in [2.75, 3.05) is 10.6 Å². The SMILES string of the molecule is CC(=O)Nc1cc(NC(=O)CCc2ccccc2Br)ccc1C.